The minimum atomic E-state index is -0.786. The Kier molecular flexibility index (Phi) is 4.53. The summed E-state index contributed by atoms with van der Waals surface area (Å²) in [5.74, 6) is -1.53. The molecule has 2 aromatic heterocycles. The highest BCUT2D eigenvalue weighted by Gasteiger charge is 2.52. The standard InChI is InChI=1S/C22H19F2N5O2/c1-28-20-14(3-2-8-25-20)15-9-16(15)18(22(28)31)26-21(30)19-17(24)11-29(27-19)10-12-4-6-13(23)7-5-12/h2-8,11,15-16,18H,9-10H2,1H3,(H,26,30). The molecule has 1 saturated carbocycles. The molecule has 9 heteroatoms. The number of carbonyl (C=O) groups is 2. The number of nitrogens with zero attached hydrogens (tertiary/aromatic N) is 4. The molecule has 2 amide bonds. The van der Waals surface area contributed by atoms with Crippen molar-refractivity contribution in [2.45, 2.75) is 24.9 Å². The molecule has 1 fully saturated rings. The third-order valence-electron chi connectivity index (χ3n) is 5.88. The molecule has 0 bridgehead atoms. The van der Waals surface area contributed by atoms with Gasteiger partial charge in [0.15, 0.2) is 11.5 Å². The summed E-state index contributed by atoms with van der Waals surface area (Å²) in [7, 11) is 1.62. The zero-order valence-electron chi connectivity index (χ0n) is 16.6. The highest BCUT2D eigenvalue weighted by Crippen LogP contribution is 2.53. The van der Waals surface area contributed by atoms with Crippen LogP contribution in [-0.4, -0.2) is 39.7 Å². The Bertz CT molecular complexity index is 1180. The summed E-state index contributed by atoms with van der Waals surface area (Å²) in [6.45, 7) is 0.182. The van der Waals surface area contributed by atoms with Gasteiger partial charge in [-0.1, -0.05) is 18.2 Å². The van der Waals surface area contributed by atoms with Crippen molar-refractivity contribution < 1.29 is 18.4 Å². The first-order valence-electron chi connectivity index (χ1n) is 9.93. The Morgan fingerprint density at radius 3 is 2.77 bits per heavy atom. The number of fused-ring (bicyclic) bond motifs is 3. The van der Waals surface area contributed by atoms with Gasteiger partial charge in [-0.3, -0.25) is 19.2 Å². The van der Waals surface area contributed by atoms with Crippen LogP contribution in [0.3, 0.4) is 0 Å². The molecule has 1 aromatic carbocycles. The zero-order valence-corrected chi connectivity index (χ0v) is 16.6. The maximum absolute atomic E-state index is 14.4. The molecule has 1 aliphatic carbocycles. The van der Waals surface area contributed by atoms with Crippen molar-refractivity contribution in [2.24, 2.45) is 5.92 Å². The molecule has 31 heavy (non-hydrogen) atoms. The molecule has 3 aromatic rings. The third kappa shape index (κ3) is 3.45. The average molecular weight is 423 g/mol. The second kappa shape index (κ2) is 7.26. The predicted molar refractivity (Wildman–Crippen MR) is 107 cm³/mol. The van der Waals surface area contributed by atoms with Gasteiger partial charge in [-0.25, -0.2) is 13.8 Å². The smallest absolute Gasteiger partial charge is 0.275 e. The lowest BCUT2D eigenvalue weighted by Gasteiger charge is -2.22. The molecular formula is C22H19F2N5O2. The number of halogens is 2. The first-order chi connectivity index (χ1) is 14.9. The van der Waals surface area contributed by atoms with Gasteiger partial charge < -0.3 is 5.32 Å². The molecule has 3 heterocycles. The predicted octanol–water partition coefficient (Wildman–Crippen LogP) is 2.48. The molecule has 2 aliphatic rings. The highest BCUT2D eigenvalue weighted by molar-refractivity contribution is 6.02. The van der Waals surface area contributed by atoms with Crippen LogP contribution in [0.25, 0.3) is 0 Å². The number of benzene rings is 1. The van der Waals surface area contributed by atoms with Crippen LogP contribution in [0.2, 0.25) is 0 Å². The Balaban J connectivity index is 1.34. The van der Waals surface area contributed by atoms with Crippen LogP contribution in [0.5, 0.6) is 0 Å². The fourth-order valence-corrected chi connectivity index (χ4v) is 4.20. The number of hydrogen-bond donors (Lipinski definition) is 1. The van der Waals surface area contributed by atoms with Crippen molar-refractivity contribution in [3.63, 3.8) is 0 Å². The molecule has 158 valence electrons. The molecular weight excluding hydrogens is 404 g/mol. The molecule has 3 atom stereocenters. The van der Waals surface area contributed by atoms with E-state index in [0.29, 0.717) is 11.4 Å². The van der Waals surface area contributed by atoms with Crippen LogP contribution >= 0.6 is 0 Å². The zero-order chi connectivity index (χ0) is 21.7. The van der Waals surface area contributed by atoms with E-state index in [1.807, 2.05) is 12.1 Å². The van der Waals surface area contributed by atoms with Crippen molar-refractivity contribution in [1.82, 2.24) is 20.1 Å². The van der Waals surface area contributed by atoms with Gasteiger partial charge in [0.05, 0.1) is 12.7 Å². The topological polar surface area (TPSA) is 80.1 Å². The Hall–Kier alpha value is -3.62. The Morgan fingerprint density at radius 2 is 2.00 bits per heavy atom. The molecule has 7 nitrogen and oxygen atoms in total. The molecule has 0 spiro atoms. The lowest BCUT2D eigenvalue weighted by molar-refractivity contribution is -0.120. The van der Waals surface area contributed by atoms with Crippen LogP contribution < -0.4 is 10.2 Å². The van der Waals surface area contributed by atoms with Crippen LogP contribution in [0.1, 0.15) is 34.0 Å². The SMILES string of the molecule is CN1C(=O)C(NC(=O)c2nn(Cc3ccc(F)cc3)cc2F)C2CC2c2cccnc21. The maximum atomic E-state index is 14.4. The third-order valence-corrected chi connectivity index (χ3v) is 5.88. The highest BCUT2D eigenvalue weighted by atomic mass is 19.1. The maximum Gasteiger partial charge on any atom is 0.275 e. The monoisotopic (exact) mass is 423 g/mol. The fraction of sp³-hybridized carbons (Fsp3) is 0.273. The van der Waals surface area contributed by atoms with Gasteiger partial charge in [-0.15, -0.1) is 0 Å². The lowest BCUT2D eigenvalue weighted by Crippen LogP contribution is -2.48. The van der Waals surface area contributed by atoms with E-state index in [1.165, 1.54) is 21.7 Å². The second-order valence-electron chi connectivity index (χ2n) is 7.92. The molecule has 0 radical (unpaired) electrons. The van der Waals surface area contributed by atoms with Gasteiger partial charge in [0.1, 0.15) is 17.7 Å². The summed E-state index contributed by atoms with van der Waals surface area (Å²) in [6, 6.07) is 8.72. The van der Waals surface area contributed by atoms with E-state index in [2.05, 4.69) is 15.4 Å². The van der Waals surface area contributed by atoms with Gasteiger partial charge in [0.2, 0.25) is 0 Å². The van der Waals surface area contributed by atoms with E-state index in [1.54, 1.807) is 25.4 Å². The van der Waals surface area contributed by atoms with Crippen LogP contribution in [0, 0.1) is 17.6 Å². The number of aromatic nitrogens is 3. The number of nitrogens with one attached hydrogen (secondary N) is 1. The first-order valence-corrected chi connectivity index (χ1v) is 9.93. The number of anilines is 1. The van der Waals surface area contributed by atoms with Gasteiger partial charge in [-0.2, -0.15) is 5.10 Å². The summed E-state index contributed by atoms with van der Waals surface area (Å²) >= 11 is 0. The number of hydrogen-bond acceptors (Lipinski definition) is 4. The quantitative estimate of drug-likeness (QED) is 0.699. The van der Waals surface area contributed by atoms with Crippen molar-refractivity contribution in [3.8, 4) is 0 Å². The average Bonchev–Trinajstić information content (AvgIpc) is 3.48. The van der Waals surface area contributed by atoms with Gasteiger partial charge in [-0.05, 0) is 47.6 Å². The fourth-order valence-electron chi connectivity index (χ4n) is 4.20. The Morgan fingerprint density at radius 1 is 1.23 bits per heavy atom. The van der Waals surface area contributed by atoms with Crippen LogP contribution in [0.15, 0.2) is 48.8 Å². The van der Waals surface area contributed by atoms with E-state index in [9.17, 15) is 18.4 Å². The minimum Gasteiger partial charge on any atom is -0.338 e. The molecule has 1 N–H and O–H groups in total. The second-order valence-corrected chi connectivity index (χ2v) is 7.92. The Labute approximate surface area is 176 Å². The number of amides is 2. The van der Waals surface area contributed by atoms with E-state index in [4.69, 9.17) is 0 Å². The van der Waals surface area contributed by atoms with Crippen molar-refractivity contribution >= 4 is 17.6 Å². The number of likely N-dealkylation sites (N-methyl/N-ethyl adjacent to an activating group) is 1. The van der Waals surface area contributed by atoms with E-state index in [0.717, 1.165) is 18.2 Å². The summed E-state index contributed by atoms with van der Waals surface area (Å²) in [4.78, 5) is 31.5. The molecule has 1 aliphatic heterocycles. The van der Waals surface area contributed by atoms with Crippen molar-refractivity contribution in [1.29, 1.82) is 0 Å². The summed E-state index contributed by atoms with van der Waals surface area (Å²) in [5, 5.41) is 6.72. The van der Waals surface area contributed by atoms with E-state index < -0.39 is 17.8 Å². The van der Waals surface area contributed by atoms with Gasteiger partial charge in [0.25, 0.3) is 11.8 Å². The number of pyridine rings is 1. The molecule has 0 saturated heterocycles. The summed E-state index contributed by atoms with van der Waals surface area (Å²) < 4.78 is 28.8. The molecule has 5 rings (SSSR count). The number of rotatable bonds is 4. The van der Waals surface area contributed by atoms with E-state index >= 15 is 0 Å². The van der Waals surface area contributed by atoms with Crippen LogP contribution in [0.4, 0.5) is 14.6 Å². The first kappa shape index (κ1) is 19.3. The summed E-state index contributed by atoms with van der Waals surface area (Å²) in [5.41, 5.74) is 1.31. The normalized spacial score (nSPS) is 21.8. The van der Waals surface area contributed by atoms with Crippen LogP contribution in [-0.2, 0) is 11.3 Å². The van der Waals surface area contributed by atoms with Crippen molar-refractivity contribution in [3.05, 3.63) is 77.2 Å². The largest absolute Gasteiger partial charge is 0.338 e. The van der Waals surface area contributed by atoms with Gasteiger partial charge in [0, 0.05) is 13.2 Å². The van der Waals surface area contributed by atoms with Gasteiger partial charge >= 0.3 is 0 Å². The summed E-state index contributed by atoms with van der Waals surface area (Å²) in [6.07, 6.45) is 3.49. The molecule has 3 unspecified atom stereocenters. The number of carbonyl (C=O) groups excluding carboxylic acids is 2. The van der Waals surface area contributed by atoms with E-state index in [-0.39, 0.29) is 35.8 Å². The lowest BCUT2D eigenvalue weighted by atomic mass is 10.1. The minimum absolute atomic E-state index is 0.0614. The van der Waals surface area contributed by atoms with Crippen molar-refractivity contribution in [2.75, 3.05) is 11.9 Å².